The zero-order valence-corrected chi connectivity index (χ0v) is 20.5. The van der Waals surface area contributed by atoms with Crippen molar-refractivity contribution in [2.75, 3.05) is 13.1 Å². The molecule has 0 bridgehead atoms. The number of amides is 2. The minimum Gasteiger partial charge on any atom is -0.346 e. The number of hydrogen-bond donors (Lipinski definition) is 1. The van der Waals surface area contributed by atoms with Gasteiger partial charge in [0.1, 0.15) is 0 Å². The molecule has 172 valence electrons. The van der Waals surface area contributed by atoms with Crippen LogP contribution in [-0.4, -0.2) is 45.6 Å². The van der Waals surface area contributed by atoms with Crippen molar-refractivity contribution in [1.82, 2.24) is 20.0 Å². The van der Waals surface area contributed by atoms with E-state index in [9.17, 15) is 9.59 Å². The molecule has 1 aliphatic rings. The first-order valence-electron chi connectivity index (χ1n) is 10.6. The van der Waals surface area contributed by atoms with Crippen LogP contribution in [-0.2, 0) is 4.79 Å². The fraction of sp³-hybridized carbons (Fsp3) is 0.292. The zero-order chi connectivity index (χ0) is 23.7. The molecular weight excluding hydrogens is 483 g/mol. The standard InChI is InChI=1S/C24H23Cl3N4O2/c1-14-22(24(33)28-19-4-3-11-30(13-19)15(2)32)29-31(21-10-9-18(26)12-20(21)27)23(14)16-5-7-17(25)8-6-16/h5-10,12,19H,3-4,11,13H2,1-2H3,(H,28,33)/t19-/m1/s1. The molecule has 1 fully saturated rings. The van der Waals surface area contributed by atoms with Gasteiger partial charge in [0.05, 0.1) is 16.4 Å². The average molecular weight is 506 g/mol. The first-order chi connectivity index (χ1) is 15.7. The summed E-state index contributed by atoms with van der Waals surface area (Å²) in [5.74, 6) is -0.279. The lowest BCUT2D eigenvalue weighted by molar-refractivity contribution is -0.130. The highest BCUT2D eigenvalue weighted by Crippen LogP contribution is 2.33. The van der Waals surface area contributed by atoms with Gasteiger partial charge >= 0.3 is 0 Å². The Hall–Kier alpha value is -2.54. The molecule has 2 aromatic carbocycles. The third kappa shape index (κ3) is 5.03. The van der Waals surface area contributed by atoms with Crippen LogP contribution in [0.4, 0.5) is 0 Å². The Morgan fingerprint density at radius 1 is 1.06 bits per heavy atom. The summed E-state index contributed by atoms with van der Waals surface area (Å²) in [6.07, 6.45) is 1.65. The molecule has 1 saturated heterocycles. The topological polar surface area (TPSA) is 67.2 Å². The molecule has 0 saturated carbocycles. The van der Waals surface area contributed by atoms with Gasteiger partial charge in [-0.1, -0.05) is 46.9 Å². The second-order valence-corrected chi connectivity index (χ2v) is 9.39. The Kier molecular flexibility index (Phi) is 6.98. The molecule has 1 atom stereocenters. The predicted octanol–water partition coefficient (Wildman–Crippen LogP) is 5.55. The van der Waals surface area contributed by atoms with Gasteiger partial charge in [-0.15, -0.1) is 0 Å². The number of aromatic nitrogens is 2. The Labute approximate surface area is 207 Å². The average Bonchev–Trinajstić information content (AvgIpc) is 3.11. The number of likely N-dealkylation sites (tertiary alicyclic amines) is 1. The number of halogens is 3. The molecule has 1 aromatic heterocycles. The van der Waals surface area contributed by atoms with Crippen molar-refractivity contribution in [1.29, 1.82) is 0 Å². The Bertz CT molecular complexity index is 1210. The van der Waals surface area contributed by atoms with Gasteiger partial charge < -0.3 is 10.2 Å². The summed E-state index contributed by atoms with van der Waals surface area (Å²) in [5, 5.41) is 9.23. The van der Waals surface area contributed by atoms with Gasteiger partial charge in [0.2, 0.25) is 5.91 Å². The van der Waals surface area contributed by atoms with Crippen LogP contribution >= 0.6 is 34.8 Å². The zero-order valence-electron chi connectivity index (χ0n) is 18.2. The molecule has 3 aromatic rings. The number of hydrogen-bond acceptors (Lipinski definition) is 3. The Morgan fingerprint density at radius 2 is 1.76 bits per heavy atom. The van der Waals surface area contributed by atoms with E-state index in [4.69, 9.17) is 34.8 Å². The fourth-order valence-electron chi connectivity index (χ4n) is 4.12. The van der Waals surface area contributed by atoms with Crippen LogP contribution in [0, 0.1) is 6.92 Å². The molecule has 33 heavy (non-hydrogen) atoms. The van der Waals surface area contributed by atoms with Crippen molar-refractivity contribution >= 4 is 46.6 Å². The van der Waals surface area contributed by atoms with Gasteiger partial charge in [0, 0.05) is 47.2 Å². The van der Waals surface area contributed by atoms with E-state index in [2.05, 4.69) is 10.4 Å². The summed E-state index contributed by atoms with van der Waals surface area (Å²) in [6.45, 7) is 4.61. The molecule has 2 heterocycles. The highest BCUT2D eigenvalue weighted by Gasteiger charge is 2.27. The van der Waals surface area contributed by atoms with Crippen molar-refractivity contribution in [3.8, 4) is 16.9 Å². The number of piperidine rings is 1. The van der Waals surface area contributed by atoms with E-state index >= 15 is 0 Å². The maximum absolute atomic E-state index is 13.3. The van der Waals surface area contributed by atoms with Gasteiger partial charge in [0.15, 0.2) is 5.69 Å². The number of carbonyl (C=O) groups is 2. The van der Waals surface area contributed by atoms with Gasteiger partial charge in [-0.05, 0) is 50.1 Å². The second kappa shape index (κ2) is 9.75. The monoisotopic (exact) mass is 504 g/mol. The Morgan fingerprint density at radius 3 is 2.42 bits per heavy atom. The molecule has 0 radical (unpaired) electrons. The molecule has 9 heteroatoms. The number of nitrogens with zero attached hydrogens (tertiary/aromatic N) is 3. The van der Waals surface area contributed by atoms with Crippen LogP contribution in [0.2, 0.25) is 15.1 Å². The quantitative estimate of drug-likeness (QED) is 0.505. The summed E-state index contributed by atoms with van der Waals surface area (Å²) >= 11 is 18.7. The number of rotatable bonds is 4. The maximum atomic E-state index is 13.3. The molecule has 6 nitrogen and oxygen atoms in total. The smallest absolute Gasteiger partial charge is 0.272 e. The number of carbonyl (C=O) groups excluding carboxylic acids is 2. The van der Waals surface area contributed by atoms with Crippen LogP contribution < -0.4 is 5.32 Å². The summed E-state index contributed by atoms with van der Waals surface area (Å²) in [4.78, 5) is 26.8. The molecule has 0 spiro atoms. The third-order valence-corrected chi connectivity index (χ3v) is 6.58. The van der Waals surface area contributed by atoms with Crippen LogP contribution in [0.25, 0.3) is 16.9 Å². The minimum atomic E-state index is -0.290. The second-order valence-electron chi connectivity index (χ2n) is 8.11. The molecule has 2 amide bonds. The van der Waals surface area contributed by atoms with Crippen LogP contribution in [0.5, 0.6) is 0 Å². The molecular formula is C24H23Cl3N4O2. The van der Waals surface area contributed by atoms with Crippen molar-refractivity contribution in [2.24, 2.45) is 0 Å². The van der Waals surface area contributed by atoms with E-state index in [0.29, 0.717) is 45.1 Å². The highest BCUT2D eigenvalue weighted by atomic mass is 35.5. The molecule has 1 aliphatic heterocycles. The first kappa shape index (κ1) is 23.6. The Balaban J connectivity index is 1.74. The van der Waals surface area contributed by atoms with Crippen LogP contribution in [0.1, 0.15) is 35.8 Å². The minimum absolute atomic E-state index is 0.0109. The van der Waals surface area contributed by atoms with E-state index < -0.39 is 0 Å². The van der Waals surface area contributed by atoms with Crippen molar-refractivity contribution < 1.29 is 9.59 Å². The summed E-state index contributed by atoms with van der Waals surface area (Å²) in [6, 6.07) is 12.3. The molecule has 1 N–H and O–H groups in total. The maximum Gasteiger partial charge on any atom is 0.272 e. The van der Waals surface area contributed by atoms with Gasteiger partial charge in [-0.25, -0.2) is 4.68 Å². The van der Waals surface area contributed by atoms with Crippen molar-refractivity contribution in [3.63, 3.8) is 0 Å². The van der Waals surface area contributed by atoms with E-state index in [1.165, 1.54) is 0 Å². The summed E-state index contributed by atoms with van der Waals surface area (Å²) < 4.78 is 1.66. The third-order valence-electron chi connectivity index (χ3n) is 5.79. The fourth-order valence-corrected chi connectivity index (χ4v) is 4.73. The van der Waals surface area contributed by atoms with Crippen LogP contribution in [0.15, 0.2) is 42.5 Å². The molecule has 0 aliphatic carbocycles. The highest BCUT2D eigenvalue weighted by molar-refractivity contribution is 6.35. The lowest BCUT2D eigenvalue weighted by atomic mass is 10.0. The van der Waals surface area contributed by atoms with E-state index in [-0.39, 0.29) is 17.9 Å². The van der Waals surface area contributed by atoms with E-state index in [1.807, 2.05) is 19.1 Å². The van der Waals surface area contributed by atoms with Gasteiger partial charge in [0.25, 0.3) is 5.91 Å². The number of nitrogens with one attached hydrogen (secondary N) is 1. The lowest BCUT2D eigenvalue weighted by Gasteiger charge is -2.32. The lowest BCUT2D eigenvalue weighted by Crippen LogP contribution is -2.49. The van der Waals surface area contributed by atoms with E-state index in [1.54, 1.807) is 46.8 Å². The van der Waals surface area contributed by atoms with E-state index in [0.717, 1.165) is 24.1 Å². The van der Waals surface area contributed by atoms with Crippen molar-refractivity contribution in [2.45, 2.75) is 32.7 Å². The predicted molar refractivity (Wildman–Crippen MR) is 132 cm³/mol. The van der Waals surface area contributed by atoms with Crippen LogP contribution in [0.3, 0.4) is 0 Å². The van der Waals surface area contributed by atoms with Gasteiger partial charge in [-0.2, -0.15) is 5.10 Å². The molecule has 4 rings (SSSR count). The molecule has 0 unspecified atom stereocenters. The summed E-state index contributed by atoms with van der Waals surface area (Å²) in [5.41, 5.74) is 3.18. The van der Waals surface area contributed by atoms with Gasteiger partial charge in [-0.3, -0.25) is 9.59 Å². The normalized spacial score (nSPS) is 16.0. The SMILES string of the molecule is CC(=O)N1CCC[C@@H](NC(=O)c2nn(-c3ccc(Cl)cc3Cl)c(-c3ccc(Cl)cc3)c2C)C1. The first-order valence-corrected chi connectivity index (χ1v) is 11.8. The summed E-state index contributed by atoms with van der Waals surface area (Å²) in [7, 11) is 0. The largest absolute Gasteiger partial charge is 0.346 e. The van der Waals surface area contributed by atoms with Crippen molar-refractivity contribution in [3.05, 3.63) is 68.8 Å². The number of benzene rings is 2.